The van der Waals surface area contributed by atoms with Gasteiger partial charge in [-0.2, -0.15) is 0 Å². The Morgan fingerprint density at radius 3 is 2.47 bits per heavy atom. The number of allylic oxidation sites excluding steroid dienone is 1. The Morgan fingerprint density at radius 2 is 1.76 bits per heavy atom. The number of carbonyl (C=O) groups excluding carboxylic acids is 2. The molecule has 1 saturated heterocycles. The van der Waals surface area contributed by atoms with Crippen molar-refractivity contribution in [1.29, 1.82) is 0 Å². The second kappa shape index (κ2) is 11.4. The van der Waals surface area contributed by atoms with Crippen LogP contribution in [0, 0.1) is 0 Å². The Kier molecular flexibility index (Phi) is 7.85. The van der Waals surface area contributed by atoms with E-state index in [9.17, 15) is 9.59 Å². The van der Waals surface area contributed by atoms with Crippen molar-refractivity contribution in [3.63, 3.8) is 0 Å². The van der Waals surface area contributed by atoms with Crippen molar-refractivity contribution in [1.82, 2.24) is 14.7 Å². The van der Waals surface area contributed by atoms with Crippen LogP contribution in [-0.4, -0.2) is 72.1 Å². The van der Waals surface area contributed by atoms with Crippen molar-refractivity contribution < 1.29 is 19.1 Å². The smallest absolute Gasteiger partial charge is 0.338 e. The molecular formula is C29H32N4O4S. The molecule has 0 aromatic heterocycles. The highest BCUT2D eigenvalue weighted by molar-refractivity contribution is 8.16. The number of ether oxygens (including phenoxy) is 2. The maximum Gasteiger partial charge on any atom is 0.338 e. The third kappa shape index (κ3) is 5.35. The molecule has 1 unspecified atom stereocenters. The van der Waals surface area contributed by atoms with Gasteiger partial charge in [0.2, 0.25) is 5.91 Å². The summed E-state index contributed by atoms with van der Waals surface area (Å²) in [5, 5.41) is 2.74. The second-order valence-corrected chi connectivity index (χ2v) is 10.3. The zero-order chi connectivity index (χ0) is 26.6. The van der Waals surface area contributed by atoms with Gasteiger partial charge in [-0.3, -0.25) is 4.79 Å². The molecule has 3 aliphatic rings. The van der Waals surface area contributed by atoms with Crippen LogP contribution in [0.3, 0.4) is 0 Å². The van der Waals surface area contributed by atoms with E-state index in [0.717, 1.165) is 35.3 Å². The second-order valence-electron chi connectivity index (χ2n) is 9.45. The van der Waals surface area contributed by atoms with E-state index in [-0.39, 0.29) is 12.3 Å². The van der Waals surface area contributed by atoms with Crippen molar-refractivity contribution in [3.8, 4) is 11.5 Å². The first-order valence-electron chi connectivity index (χ1n) is 12.8. The molecule has 3 aliphatic heterocycles. The summed E-state index contributed by atoms with van der Waals surface area (Å²) < 4.78 is 11.3. The normalized spacial score (nSPS) is 19.6. The number of amidine groups is 1. The van der Waals surface area contributed by atoms with Gasteiger partial charge in [0.25, 0.3) is 0 Å². The molecule has 9 heteroatoms. The number of piperazine rings is 1. The van der Waals surface area contributed by atoms with Gasteiger partial charge >= 0.3 is 5.97 Å². The van der Waals surface area contributed by atoms with Gasteiger partial charge in [0.15, 0.2) is 5.17 Å². The highest BCUT2D eigenvalue weighted by Gasteiger charge is 2.42. The summed E-state index contributed by atoms with van der Waals surface area (Å²) in [6.07, 6.45) is 0.816. The number of hydrogen-bond donors (Lipinski definition) is 0. The zero-order valence-corrected chi connectivity index (χ0v) is 22.7. The Morgan fingerprint density at radius 1 is 1.03 bits per heavy atom. The molecule has 2 aromatic carbocycles. The van der Waals surface area contributed by atoms with Gasteiger partial charge in [-0.25, -0.2) is 9.79 Å². The van der Waals surface area contributed by atoms with E-state index in [2.05, 4.69) is 11.9 Å². The minimum atomic E-state index is -0.495. The van der Waals surface area contributed by atoms with E-state index in [1.807, 2.05) is 76.7 Å². The van der Waals surface area contributed by atoms with Gasteiger partial charge in [0.05, 0.1) is 30.8 Å². The van der Waals surface area contributed by atoms with Gasteiger partial charge < -0.3 is 24.2 Å². The molecular weight excluding hydrogens is 500 g/mol. The number of methoxy groups -OCH3 is 1. The molecule has 0 spiro atoms. The van der Waals surface area contributed by atoms with Crippen LogP contribution in [0.2, 0.25) is 0 Å². The van der Waals surface area contributed by atoms with Crippen LogP contribution < -0.4 is 4.74 Å². The Balaban J connectivity index is 1.49. The van der Waals surface area contributed by atoms with Crippen LogP contribution >= 0.6 is 11.8 Å². The number of aliphatic imine (C=N–C) groups is 1. The molecule has 198 valence electrons. The number of nitrogens with zero attached hydrogens (tertiary/aromatic N) is 4. The molecule has 0 saturated carbocycles. The predicted octanol–water partition coefficient (Wildman–Crippen LogP) is 4.78. The van der Waals surface area contributed by atoms with Crippen LogP contribution in [0.4, 0.5) is 0 Å². The van der Waals surface area contributed by atoms with E-state index in [4.69, 9.17) is 14.5 Å². The lowest BCUT2D eigenvalue weighted by molar-refractivity contribution is -0.136. The number of fused-ring (bicyclic) bond motifs is 1. The first kappa shape index (κ1) is 26.1. The SMILES string of the molecule is CCC1=C(C(=O)OC)C(c2cccc(Oc3ccccc3)c2)N2C(CC(=O)N3CCN(C)CC3)=CSC2=N1. The lowest BCUT2D eigenvalue weighted by atomic mass is 9.92. The van der Waals surface area contributed by atoms with E-state index in [1.54, 1.807) is 0 Å². The predicted molar refractivity (Wildman–Crippen MR) is 149 cm³/mol. The van der Waals surface area contributed by atoms with E-state index >= 15 is 0 Å². The first-order valence-corrected chi connectivity index (χ1v) is 13.7. The van der Waals surface area contributed by atoms with E-state index < -0.39 is 12.0 Å². The number of rotatable bonds is 7. The lowest BCUT2D eigenvalue weighted by Gasteiger charge is -2.37. The molecule has 1 amide bonds. The minimum absolute atomic E-state index is 0.0796. The molecule has 1 fully saturated rings. The average molecular weight is 533 g/mol. The van der Waals surface area contributed by atoms with Gasteiger partial charge in [-0.15, -0.1) is 0 Å². The molecule has 0 aliphatic carbocycles. The number of para-hydroxylation sites is 1. The third-order valence-corrected chi connectivity index (χ3v) is 7.86. The maximum absolute atomic E-state index is 13.3. The number of benzene rings is 2. The molecule has 2 aromatic rings. The molecule has 3 heterocycles. The van der Waals surface area contributed by atoms with E-state index in [1.165, 1.54) is 18.9 Å². The van der Waals surface area contributed by atoms with Crippen LogP contribution in [0.15, 0.2) is 82.0 Å². The molecule has 38 heavy (non-hydrogen) atoms. The summed E-state index contributed by atoms with van der Waals surface area (Å²) in [5.74, 6) is 1.04. The number of carbonyl (C=O) groups is 2. The Labute approximate surface area is 227 Å². The lowest BCUT2D eigenvalue weighted by Crippen LogP contribution is -2.47. The molecule has 8 nitrogen and oxygen atoms in total. The average Bonchev–Trinajstić information content (AvgIpc) is 3.34. The zero-order valence-electron chi connectivity index (χ0n) is 21.9. The third-order valence-electron chi connectivity index (χ3n) is 6.97. The molecule has 1 atom stereocenters. The number of amides is 1. The Hall–Kier alpha value is -3.56. The monoisotopic (exact) mass is 532 g/mol. The number of esters is 1. The molecule has 0 N–H and O–H groups in total. The Bertz CT molecular complexity index is 1300. The van der Waals surface area contributed by atoms with Gasteiger partial charge in [0, 0.05) is 31.9 Å². The molecule has 0 radical (unpaired) electrons. The fourth-order valence-corrected chi connectivity index (χ4v) is 5.86. The van der Waals surface area contributed by atoms with Crippen LogP contribution in [0.5, 0.6) is 11.5 Å². The minimum Gasteiger partial charge on any atom is -0.466 e. The summed E-state index contributed by atoms with van der Waals surface area (Å²) in [6, 6.07) is 16.8. The summed E-state index contributed by atoms with van der Waals surface area (Å²) in [5.41, 5.74) is 2.86. The van der Waals surface area contributed by atoms with Crippen LogP contribution in [-0.2, 0) is 14.3 Å². The van der Waals surface area contributed by atoms with Crippen molar-refractivity contribution >= 4 is 28.8 Å². The van der Waals surface area contributed by atoms with Crippen molar-refractivity contribution in [2.75, 3.05) is 40.3 Å². The molecule has 5 rings (SSSR count). The highest BCUT2D eigenvalue weighted by atomic mass is 32.2. The van der Waals surface area contributed by atoms with Gasteiger partial charge in [-0.1, -0.05) is 49.0 Å². The van der Waals surface area contributed by atoms with Gasteiger partial charge in [-0.05, 0) is 48.7 Å². The quantitative estimate of drug-likeness (QED) is 0.475. The standard InChI is InChI=1S/C29H32N4O4S/c1-4-24-26(28(35)36-3)27(20-9-8-12-23(17-20)37-22-10-6-5-7-11-22)33-21(19-38-29(33)30-24)18-25(34)32-15-13-31(2)14-16-32/h5-12,17,19,27H,4,13-16,18H2,1-3H3. The fraction of sp³-hybridized carbons (Fsp3) is 0.345. The van der Waals surface area contributed by atoms with Crippen molar-refractivity contribution in [2.24, 2.45) is 4.99 Å². The van der Waals surface area contributed by atoms with Crippen molar-refractivity contribution in [2.45, 2.75) is 25.8 Å². The summed E-state index contributed by atoms with van der Waals surface area (Å²) in [6.45, 7) is 5.14. The molecule has 0 bridgehead atoms. The van der Waals surface area contributed by atoms with Crippen molar-refractivity contribution in [3.05, 3.63) is 82.5 Å². The van der Waals surface area contributed by atoms with E-state index in [0.29, 0.717) is 36.5 Å². The van der Waals surface area contributed by atoms with Crippen LogP contribution in [0.1, 0.15) is 31.4 Å². The number of hydrogen-bond acceptors (Lipinski definition) is 8. The number of likely N-dealkylation sites (N-methyl/N-ethyl adjacent to an activating group) is 1. The van der Waals surface area contributed by atoms with Gasteiger partial charge in [0.1, 0.15) is 11.5 Å². The summed E-state index contributed by atoms with van der Waals surface area (Å²) >= 11 is 1.49. The largest absolute Gasteiger partial charge is 0.466 e. The maximum atomic E-state index is 13.3. The highest BCUT2D eigenvalue weighted by Crippen LogP contribution is 2.46. The fourth-order valence-electron chi connectivity index (χ4n) is 4.92. The first-order chi connectivity index (χ1) is 18.5. The summed E-state index contributed by atoms with van der Waals surface area (Å²) in [4.78, 5) is 37.5. The topological polar surface area (TPSA) is 74.7 Å². The summed E-state index contributed by atoms with van der Waals surface area (Å²) in [7, 11) is 3.46. The van der Waals surface area contributed by atoms with Crippen LogP contribution in [0.25, 0.3) is 0 Å². The number of thioether (sulfide) groups is 1.